The summed E-state index contributed by atoms with van der Waals surface area (Å²) in [6.07, 6.45) is 2.49. The fraction of sp³-hybridized carbons (Fsp3) is 0.368. The Hall–Kier alpha value is -2.65. The van der Waals surface area contributed by atoms with Gasteiger partial charge in [-0.05, 0) is 25.1 Å². The van der Waals surface area contributed by atoms with Crippen LogP contribution < -0.4 is 10.1 Å². The van der Waals surface area contributed by atoms with Crippen LogP contribution in [0.25, 0.3) is 11.0 Å². The second-order valence-corrected chi connectivity index (χ2v) is 7.95. The molecular weight excluding hydrogens is 381 g/mol. The molecule has 0 radical (unpaired) electrons. The maximum absolute atomic E-state index is 14.1. The Morgan fingerprint density at radius 1 is 1.39 bits per heavy atom. The van der Waals surface area contributed by atoms with Crippen molar-refractivity contribution in [3.05, 3.63) is 41.3 Å². The number of fused-ring (bicyclic) bond motifs is 1. The Morgan fingerprint density at radius 2 is 2.25 bits per heavy atom. The average molecular weight is 401 g/mol. The first kappa shape index (κ1) is 18.7. The van der Waals surface area contributed by atoms with Crippen molar-refractivity contribution in [3.63, 3.8) is 0 Å². The second kappa shape index (κ2) is 7.76. The molecule has 2 atom stereocenters. The van der Waals surface area contributed by atoms with Gasteiger partial charge in [-0.25, -0.2) is 4.98 Å². The van der Waals surface area contributed by atoms with Crippen molar-refractivity contribution in [1.29, 1.82) is 0 Å². The van der Waals surface area contributed by atoms with Gasteiger partial charge in [-0.2, -0.15) is 14.4 Å². The van der Waals surface area contributed by atoms with Gasteiger partial charge in [-0.3, -0.25) is 9.69 Å². The zero-order chi connectivity index (χ0) is 19.7. The van der Waals surface area contributed by atoms with Crippen LogP contribution in [0.4, 0.5) is 9.52 Å². The Kier molecular flexibility index (Phi) is 5.19. The number of carbonyl (C=O) groups is 1. The molecule has 1 fully saturated rings. The molecule has 28 heavy (non-hydrogen) atoms. The number of nitrogens with zero attached hydrogens (tertiary/aromatic N) is 4. The number of aromatic nitrogens is 3. The second-order valence-electron chi connectivity index (χ2n) is 6.87. The summed E-state index contributed by atoms with van der Waals surface area (Å²) in [5.41, 5.74) is 0.653. The van der Waals surface area contributed by atoms with E-state index in [1.165, 1.54) is 6.92 Å². The minimum Gasteiger partial charge on any atom is -0.473 e. The number of likely N-dealkylation sites (tertiary alicyclic amines) is 1. The molecule has 4 heterocycles. The molecule has 4 rings (SSSR count). The number of amides is 1. The molecule has 3 aromatic rings. The third-order valence-corrected chi connectivity index (χ3v) is 5.60. The molecule has 9 heteroatoms. The van der Waals surface area contributed by atoms with Crippen LogP contribution in [0, 0.1) is 5.95 Å². The molecule has 1 aliphatic rings. The fourth-order valence-electron chi connectivity index (χ4n) is 3.34. The van der Waals surface area contributed by atoms with Crippen molar-refractivity contribution < 1.29 is 13.9 Å². The van der Waals surface area contributed by atoms with E-state index in [2.05, 4.69) is 32.1 Å². The van der Waals surface area contributed by atoms with E-state index in [0.29, 0.717) is 29.5 Å². The first-order valence-electron chi connectivity index (χ1n) is 9.03. The Labute approximate surface area is 165 Å². The summed E-state index contributed by atoms with van der Waals surface area (Å²) in [6, 6.07) is 7.85. The SMILES string of the molecule is CC(=O)Nc1nc(F)c(CN2C[C@H](Oc3ccc4cccnc4n3)C[C@@H]2C)s1. The van der Waals surface area contributed by atoms with Crippen molar-refractivity contribution in [2.75, 3.05) is 11.9 Å². The smallest absolute Gasteiger partial charge is 0.230 e. The summed E-state index contributed by atoms with van der Waals surface area (Å²) in [4.78, 5) is 26.3. The molecule has 1 N–H and O–H groups in total. The van der Waals surface area contributed by atoms with Crippen molar-refractivity contribution in [3.8, 4) is 5.88 Å². The van der Waals surface area contributed by atoms with E-state index in [9.17, 15) is 9.18 Å². The molecule has 7 nitrogen and oxygen atoms in total. The highest BCUT2D eigenvalue weighted by Gasteiger charge is 2.32. The molecular formula is C19H20FN5O2S. The van der Waals surface area contributed by atoms with E-state index in [4.69, 9.17) is 4.74 Å². The highest BCUT2D eigenvalue weighted by molar-refractivity contribution is 7.15. The predicted molar refractivity (Wildman–Crippen MR) is 105 cm³/mol. The van der Waals surface area contributed by atoms with Gasteiger partial charge in [0.2, 0.25) is 17.7 Å². The molecule has 0 spiro atoms. The van der Waals surface area contributed by atoms with Gasteiger partial charge in [0, 0.05) is 50.1 Å². The summed E-state index contributed by atoms with van der Waals surface area (Å²) < 4.78 is 20.2. The number of rotatable bonds is 5. The third-order valence-electron chi connectivity index (χ3n) is 4.67. The van der Waals surface area contributed by atoms with E-state index < -0.39 is 5.95 Å². The lowest BCUT2D eigenvalue weighted by molar-refractivity contribution is -0.114. The Balaban J connectivity index is 1.41. The summed E-state index contributed by atoms with van der Waals surface area (Å²) in [7, 11) is 0. The van der Waals surface area contributed by atoms with Crippen LogP contribution in [0.5, 0.6) is 5.88 Å². The van der Waals surface area contributed by atoms with E-state index in [-0.39, 0.29) is 23.2 Å². The molecule has 1 aliphatic heterocycles. The predicted octanol–water partition coefficient (Wildman–Crippen LogP) is 3.23. The Bertz CT molecular complexity index is 1010. The molecule has 0 saturated carbocycles. The number of anilines is 1. The lowest BCUT2D eigenvalue weighted by atomic mass is 10.2. The van der Waals surface area contributed by atoms with Crippen LogP contribution in [-0.2, 0) is 11.3 Å². The standard InChI is InChI=1S/C19H20FN5O2S/c1-11-8-14(27-16-6-5-13-4-3-7-21-18(13)23-16)9-25(11)10-15-17(20)24-19(28-15)22-12(2)26/h3-7,11,14H,8-10H2,1-2H3,(H,22,24,26)/t11-,14+/m0/s1. The normalized spacial score (nSPS) is 19.8. The zero-order valence-electron chi connectivity index (χ0n) is 15.6. The van der Waals surface area contributed by atoms with Crippen LogP contribution in [0.1, 0.15) is 25.1 Å². The summed E-state index contributed by atoms with van der Waals surface area (Å²) >= 11 is 1.16. The van der Waals surface area contributed by atoms with Gasteiger partial charge >= 0.3 is 0 Å². The van der Waals surface area contributed by atoms with Gasteiger partial charge < -0.3 is 10.1 Å². The highest BCUT2D eigenvalue weighted by Crippen LogP contribution is 2.28. The summed E-state index contributed by atoms with van der Waals surface area (Å²) in [5, 5.41) is 3.78. The van der Waals surface area contributed by atoms with Crippen LogP contribution in [-0.4, -0.2) is 44.4 Å². The molecule has 146 valence electrons. The Morgan fingerprint density at radius 3 is 3.07 bits per heavy atom. The number of carbonyl (C=O) groups excluding carboxylic acids is 1. The van der Waals surface area contributed by atoms with E-state index in [1.807, 2.05) is 24.3 Å². The van der Waals surface area contributed by atoms with E-state index in [1.54, 1.807) is 6.20 Å². The number of hydrogen-bond acceptors (Lipinski definition) is 7. The quantitative estimate of drug-likeness (QED) is 0.707. The summed E-state index contributed by atoms with van der Waals surface area (Å²) in [5.74, 6) is -0.254. The largest absolute Gasteiger partial charge is 0.473 e. The average Bonchev–Trinajstić information content (AvgIpc) is 3.16. The fourth-order valence-corrected chi connectivity index (χ4v) is 4.26. The number of halogens is 1. The van der Waals surface area contributed by atoms with Crippen molar-refractivity contribution in [1.82, 2.24) is 19.9 Å². The lowest BCUT2D eigenvalue weighted by Crippen LogP contribution is -2.28. The summed E-state index contributed by atoms with van der Waals surface area (Å²) in [6.45, 7) is 4.55. The number of thiazole rings is 1. The highest BCUT2D eigenvalue weighted by atomic mass is 32.1. The lowest BCUT2D eigenvalue weighted by Gasteiger charge is -2.19. The van der Waals surface area contributed by atoms with Crippen LogP contribution in [0.15, 0.2) is 30.5 Å². The van der Waals surface area contributed by atoms with Gasteiger partial charge in [0.15, 0.2) is 10.8 Å². The first-order valence-corrected chi connectivity index (χ1v) is 9.85. The number of hydrogen-bond donors (Lipinski definition) is 1. The molecule has 1 amide bonds. The molecule has 3 aromatic heterocycles. The van der Waals surface area contributed by atoms with Crippen LogP contribution in [0.3, 0.4) is 0 Å². The molecule has 0 aromatic carbocycles. The van der Waals surface area contributed by atoms with Crippen LogP contribution in [0.2, 0.25) is 0 Å². The molecule has 0 aliphatic carbocycles. The van der Waals surface area contributed by atoms with Gasteiger partial charge in [-0.1, -0.05) is 11.3 Å². The minimum atomic E-state index is -0.535. The van der Waals surface area contributed by atoms with E-state index >= 15 is 0 Å². The number of pyridine rings is 2. The first-order chi connectivity index (χ1) is 13.5. The van der Waals surface area contributed by atoms with Gasteiger partial charge in [-0.15, -0.1) is 0 Å². The van der Waals surface area contributed by atoms with Crippen molar-refractivity contribution >= 4 is 33.4 Å². The number of ether oxygens (including phenoxy) is 1. The topological polar surface area (TPSA) is 80.2 Å². The third kappa shape index (κ3) is 4.10. The molecule has 0 bridgehead atoms. The number of nitrogens with one attached hydrogen (secondary N) is 1. The molecule has 1 saturated heterocycles. The van der Waals surface area contributed by atoms with Gasteiger partial charge in [0.05, 0.1) is 4.88 Å². The maximum atomic E-state index is 14.1. The van der Waals surface area contributed by atoms with Crippen LogP contribution >= 0.6 is 11.3 Å². The van der Waals surface area contributed by atoms with Gasteiger partial charge in [0.25, 0.3) is 0 Å². The van der Waals surface area contributed by atoms with Gasteiger partial charge in [0.1, 0.15) is 6.10 Å². The monoisotopic (exact) mass is 401 g/mol. The van der Waals surface area contributed by atoms with Crippen molar-refractivity contribution in [2.24, 2.45) is 0 Å². The minimum absolute atomic E-state index is 0.0329. The zero-order valence-corrected chi connectivity index (χ0v) is 16.4. The molecule has 0 unspecified atom stereocenters. The van der Waals surface area contributed by atoms with Crippen molar-refractivity contribution in [2.45, 2.75) is 39.0 Å². The maximum Gasteiger partial charge on any atom is 0.230 e. The van der Waals surface area contributed by atoms with E-state index in [0.717, 1.165) is 23.1 Å².